The predicted octanol–water partition coefficient (Wildman–Crippen LogP) is 16.9. The topological polar surface area (TPSA) is 4.93 Å². The third-order valence-corrected chi connectivity index (χ3v) is 11.7. The Labute approximate surface area is 365 Å². The van der Waals surface area contributed by atoms with Gasteiger partial charge < -0.3 is 4.57 Å². The van der Waals surface area contributed by atoms with Crippen LogP contribution in [0.25, 0.3) is 82.8 Å². The maximum Gasteiger partial charge on any atom is 0.0541 e. The number of benzene rings is 10. The maximum absolute atomic E-state index is 2.36. The smallest absolute Gasteiger partial charge is 0.0541 e. The molecule has 0 saturated heterocycles. The fourth-order valence-electron chi connectivity index (χ4n) is 8.38. The largest absolute Gasteiger partial charge is 0.309 e. The summed E-state index contributed by atoms with van der Waals surface area (Å²) in [6.45, 7) is 6.42. The molecule has 10 aromatic carbocycles. The average Bonchev–Trinajstić information content (AvgIpc) is 3.67. The van der Waals surface area contributed by atoms with Crippen molar-refractivity contribution < 1.29 is 0 Å². The van der Waals surface area contributed by atoms with Gasteiger partial charge in [0.1, 0.15) is 0 Å². The molecule has 0 saturated carbocycles. The lowest BCUT2D eigenvalue weighted by molar-refractivity contribution is 1.18. The molecule has 0 atom stereocenters. The standard InChI is InChI=1S/C31H23N.C17H14.C13H12/c1-22-21-25(23-9-3-2-4-10-23)17-20-27(22)24-15-18-26(19-16-24)32-30-13-7-5-11-28(30)29-12-6-8-14-31(29)32;1-13-9-11-15(12-10-13)17-8-4-6-14-5-2-3-7-16(14)17;1-11-7-9-13(10-8-11)12-5-3-2-4-6-12/h2-21H,1H3;2-12H,1H3;2-10H,1H3. The summed E-state index contributed by atoms with van der Waals surface area (Å²) in [6, 6.07) is 86.3. The van der Waals surface area contributed by atoms with E-state index in [-0.39, 0.29) is 0 Å². The fourth-order valence-corrected chi connectivity index (χ4v) is 8.38. The van der Waals surface area contributed by atoms with Gasteiger partial charge in [0, 0.05) is 16.5 Å². The summed E-state index contributed by atoms with van der Waals surface area (Å²) >= 11 is 0. The van der Waals surface area contributed by atoms with Crippen LogP contribution in [0.5, 0.6) is 0 Å². The number of aryl methyl sites for hydroxylation is 3. The first-order valence-electron chi connectivity index (χ1n) is 21.4. The molecule has 11 rings (SSSR count). The Morgan fingerprint density at radius 1 is 0.274 bits per heavy atom. The van der Waals surface area contributed by atoms with Gasteiger partial charge in [-0.3, -0.25) is 0 Å². The molecule has 1 heteroatoms. The number of aromatic nitrogens is 1. The third kappa shape index (κ3) is 8.61. The summed E-state index contributed by atoms with van der Waals surface area (Å²) < 4.78 is 2.36. The Bertz CT molecular complexity index is 3150. The van der Waals surface area contributed by atoms with Crippen LogP contribution in [0.2, 0.25) is 0 Å². The van der Waals surface area contributed by atoms with Gasteiger partial charge in [0.25, 0.3) is 0 Å². The molecule has 0 amide bonds. The van der Waals surface area contributed by atoms with E-state index in [9.17, 15) is 0 Å². The lowest BCUT2D eigenvalue weighted by Gasteiger charge is -2.12. The zero-order valence-electron chi connectivity index (χ0n) is 35.5. The molecule has 0 aliphatic carbocycles. The van der Waals surface area contributed by atoms with Crippen molar-refractivity contribution in [3.8, 4) is 50.2 Å². The van der Waals surface area contributed by atoms with Crippen molar-refractivity contribution >= 4 is 32.6 Å². The van der Waals surface area contributed by atoms with E-state index in [1.54, 1.807) is 0 Å². The third-order valence-electron chi connectivity index (χ3n) is 11.7. The second kappa shape index (κ2) is 18.3. The highest BCUT2D eigenvalue weighted by Crippen LogP contribution is 2.34. The summed E-state index contributed by atoms with van der Waals surface area (Å²) in [5, 5.41) is 5.20. The molecular weight excluding hydrogens is 747 g/mol. The minimum atomic E-state index is 1.18. The summed E-state index contributed by atoms with van der Waals surface area (Å²) in [7, 11) is 0. The summed E-state index contributed by atoms with van der Waals surface area (Å²) in [5.74, 6) is 0. The van der Waals surface area contributed by atoms with E-state index in [1.807, 2.05) is 6.07 Å². The van der Waals surface area contributed by atoms with Crippen molar-refractivity contribution in [3.63, 3.8) is 0 Å². The Balaban J connectivity index is 0.000000136. The average molecular weight is 796 g/mol. The number of hydrogen-bond acceptors (Lipinski definition) is 0. The maximum atomic E-state index is 2.36. The zero-order valence-corrected chi connectivity index (χ0v) is 35.5. The Kier molecular flexibility index (Phi) is 11.7. The van der Waals surface area contributed by atoms with E-state index in [2.05, 4.69) is 262 Å². The Morgan fingerprint density at radius 2 is 0.694 bits per heavy atom. The number of para-hydroxylation sites is 2. The normalized spacial score (nSPS) is 10.8. The highest BCUT2D eigenvalue weighted by atomic mass is 15.0. The molecule has 0 aliphatic heterocycles. The van der Waals surface area contributed by atoms with E-state index in [4.69, 9.17) is 0 Å². The van der Waals surface area contributed by atoms with Crippen LogP contribution in [-0.2, 0) is 0 Å². The van der Waals surface area contributed by atoms with Crippen molar-refractivity contribution in [2.24, 2.45) is 0 Å². The molecule has 1 aromatic heterocycles. The molecule has 0 fully saturated rings. The molecule has 0 spiro atoms. The first-order valence-corrected chi connectivity index (χ1v) is 21.4. The highest BCUT2D eigenvalue weighted by Gasteiger charge is 2.12. The predicted molar refractivity (Wildman–Crippen MR) is 267 cm³/mol. The number of hydrogen-bond donors (Lipinski definition) is 0. The fraction of sp³-hybridized carbons (Fsp3) is 0.0492. The van der Waals surface area contributed by atoms with Gasteiger partial charge in [-0.1, -0.05) is 230 Å². The first-order chi connectivity index (χ1) is 30.5. The van der Waals surface area contributed by atoms with E-state index in [1.165, 1.54) is 99.5 Å². The minimum Gasteiger partial charge on any atom is -0.309 e. The van der Waals surface area contributed by atoms with Crippen LogP contribution in [0.1, 0.15) is 16.7 Å². The molecule has 0 bridgehead atoms. The number of rotatable bonds is 5. The van der Waals surface area contributed by atoms with E-state index in [0.717, 1.165) is 0 Å². The number of fused-ring (bicyclic) bond motifs is 4. The summed E-state index contributed by atoms with van der Waals surface area (Å²) in [4.78, 5) is 0. The first kappa shape index (κ1) is 39.7. The van der Waals surface area contributed by atoms with Crippen LogP contribution >= 0.6 is 0 Å². The summed E-state index contributed by atoms with van der Waals surface area (Å²) in [6.07, 6.45) is 0. The zero-order chi connectivity index (χ0) is 42.3. The van der Waals surface area contributed by atoms with E-state index >= 15 is 0 Å². The molecule has 62 heavy (non-hydrogen) atoms. The Hall–Kier alpha value is -7.74. The molecular formula is C61H49N. The quantitative estimate of drug-likeness (QED) is 0.164. The number of nitrogens with zero attached hydrogens (tertiary/aromatic N) is 1. The van der Waals surface area contributed by atoms with Crippen molar-refractivity contribution in [2.75, 3.05) is 0 Å². The van der Waals surface area contributed by atoms with Crippen molar-refractivity contribution in [3.05, 3.63) is 259 Å². The lowest BCUT2D eigenvalue weighted by Crippen LogP contribution is -1.94. The van der Waals surface area contributed by atoms with Crippen molar-refractivity contribution in [1.29, 1.82) is 0 Å². The second-order valence-corrected chi connectivity index (χ2v) is 15.9. The SMILES string of the molecule is Cc1cc(-c2ccccc2)ccc1-c1ccc(-n2c3ccccc3c3ccccc32)cc1.Cc1ccc(-c2cccc3ccccc23)cc1.Cc1ccc(-c2ccccc2)cc1. The molecule has 11 aromatic rings. The van der Waals surface area contributed by atoms with E-state index < -0.39 is 0 Å². The van der Waals surface area contributed by atoms with Crippen molar-refractivity contribution in [1.82, 2.24) is 4.57 Å². The van der Waals surface area contributed by atoms with Gasteiger partial charge in [-0.05, 0) is 106 Å². The van der Waals surface area contributed by atoms with Gasteiger partial charge >= 0.3 is 0 Å². The molecule has 0 unspecified atom stereocenters. The highest BCUT2D eigenvalue weighted by molar-refractivity contribution is 6.09. The van der Waals surface area contributed by atoms with Crippen molar-refractivity contribution in [2.45, 2.75) is 20.8 Å². The van der Waals surface area contributed by atoms with Gasteiger partial charge in [-0.2, -0.15) is 0 Å². The minimum absolute atomic E-state index is 1.18. The van der Waals surface area contributed by atoms with Crippen LogP contribution in [0.4, 0.5) is 0 Å². The summed E-state index contributed by atoms with van der Waals surface area (Å²) in [5.41, 5.74) is 17.7. The van der Waals surface area contributed by atoms with Crippen LogP contribution in [0, 0.1) is 20.8 Å². The molecule has 0 N–H and O–H groups in total. The van der Waals surface area contributed by atoms with Gasteiger partial charge in [-0.15, -0.1) is 0 Å². The molecule has 298 valence electrons. The van der Waals surface area contributed by atoms with Gasteiger partial charge in [0.2, 0.25) is 0 Å². The monoisotopic (exact) mass is 795 g/mol. The second-order valence-electron chi connectivity index (χ2n) is 15.9. The van der Waals surface area contributed by atoms with Gasteiger partial charge in [0.15, 0.2) is 0 Å². The van der Waals surface area contributed by atoms with E-state index in [0.29, 0.717) is 0 Å². The molecule has 1 nitrogen and oxygen atoms in total. The van der Waals surface area contributed by atoms with Crippen LogP contribution in [-0.4, -0.2) is 4.57 Å². The molecule has 0 aliphatic rings. The van der Waals surface area contributed by atoms with Gasteiger partial charge in [-0.25, -0.2) is 0 Å². The van der Waals surface area contributed by atoms with Crippen LogP contribution in [0.15, 0.2) is 243 Å². The molecule has 1 heterocycles. The molecule has 0 radical (unpaired) electrons. The van der Waals surface area contributed by atoms with Crippen LogP contribution in [0.3, 0.4) is 0 Å². The Morgan fingerprint density at radius 3 is 1.27 bits per heavy atom. The lowest BCUT2D eigenvalue weighted by atomic mass is 9.95. The van der Waals surface area contributed by atoms with Gasteiger partial charge in [0.05, 0.1) is 11.0 Å². The van der Waals surface area contributed by atoms with Crippen LogP contribution < -0.4 is 0 Å².